The standard InChI is InChI=1S/C32H29N3O2/c1-21-14-15-27-26(18-21)30(22-10-6-4-7-11-22)34-32(33-27)35-17-16-24-19-28(36-2)29(37-3)20-25(24)31(35)23-12-8-5-9-13-23/h4-15,18-20,31H,16-17H2,1-3H3. The lowest BCUT2D eigenvalue weighted by atomic mass is 9.88. The van der Waals surface area contributed by atoms with Gasteiger partial charge in [-0.1, -0.05) is 72.3 Å². The van der Waals surface area contributed by atoms with Crippen molar-refractivity contribution in [2.24, 2.45) is 0 Å². The molecule has 6 rings (SSSR count). The second-order valence-corrected chi connectivity index (χ2v) is 9.42. The van der Waals surface area contributed by atoms with E-state index in [9.17, 15) is 0 Å². The van der Waals surface area contributed by atoms with Crippen LogP contribution in [-0.2, 0) is 6.42 Å². The number of anilines is 1. The summed E-state index contributed by atoms with van der Waals surface area (Å²) in [5.74, 6) is 2.21. The molecule has 184 valence electrons. The molecule has 0 spiro atoms. The van der Waals surface area contributed by atoms with Gasteiger partial charge in [-0.05, 0) is 54.3 Å². The highest BCUT2D eigenvalue weighted by Gasteiger charge is 2.32. The summed E-state index contributed by atoms with van der Waals surface area (Å²) < 4.78 is 11.3. The van der Waals surface area contributed by atoms with Gasteiger partial charge in [0, 0.05) is 17.5 Å². The summed E-state index contributed by atoms with van der Waals surface area (Å²) in [7, 11) is 3.37. The predicted molar refractivity (Wildman–Crippen MR) is 149 cm³/mol. The van der Waals surface area contributed by atoms with Crippen LogP contribution in [0.15, 0.2) is 91.0 Å². The van der Waals surface area contributed by atoms with Crippen molar-refractivity contribution in [1.29, 1.82) is 0 Å². The second-order valence-electron chi connectivity index (χ2n) is 9.42. The summed E-state index contributed by atoms with van der Waals surface area (Å²) in [6, 6.07) is 31.5. The van der Waals surface area contributed by atoms with Gasteiger partial charge in [0.2, 0.25) is 5.95 Å². The molecule has 1 unspecified atom stereocenters. The second kappa shape index (κ2) is 9.58. The van der Waals surface area contributed by atoms with E-state index < -0.39 is 0 Å². The maximum absolute atomic E-state index is 5.70. The Bertz CT molecular complexity index is 1570. The van der Waals surface area contributed by atoms with Crippen LogP contribution in [0.4, 0.5) is 5.95 Å². The van der Waals surface area contributed by atoms with Crippen molar-refractivity contribution in [3.8, 4) is 22.8 Å². The summed E-state index contributed by atoms with van der Waals surface area (Å²) in [6.07, 6.45) is 0.856. The molecule has 0 aliphatic carbocycles. The van der Waals surface area contributed by atoms with Crippen molar-refractivity contribution in [1.82, 2.24) is 9.97 Å². The van der Waals surface area contributed by atoms with Gasteiger partial charge in [-0.25, -0.2) is 9.97 Å². The highest BCUT2D eigenvalue weighted by molar-refractivity contribution is 5.93. The van der Waals surface area contributed by atoms with Crippen molar-refractivity contribution < 1.29 is 9.47 Å². The third kappa shape index (κ3) is 4.16. The molecule has 0 radical (unpaired) electrons. The Balaban J connectivity index is 1.57. The first-order valence-corrected chi connectivity index (χ1v) is 12.6. The fourth-order valence-electron chi connectivity index (χ4n) is 5.33. The summed E-state index contributed by atoms with van der Waals surface area (Å²) in [5.41, 5.74) is 7.79. The number of benzene rings is 4. The van der Waals surface area contributed by atoms with Crippen LogP contribution >= 0.6 is 0 Å². The van der Waals surface area contributed by atoms with Crippen LogP contribution in [0.25, 0.3) is 22.2 Å². The maximum atomic E-state index is 5.70. The Morgan fingerprint density at radius 1 is 0.784 bits per heavy atom. The molecule has 4 aromatic carbocycles. The van der Waals surface area contributed by atoms with E-state index in [2.05, 4.69) is 96.8 Å². The quantitative estimate of drug-likeness (QED) is 0.274. The number of aryl methyl sites for hydroxylation is 1. The monoisotopic (exact) mass is 487 g/mol. The third-order valence-electron chi connectivity index (χ3n) is 7.13. The highest BCUT2D eigenvalue weighted by atomic mass is 16.5. The average Bonchev–Trinajstić information content (AvgIpc) is 2.96. The van der Waals surface area contributed by atoms with E-state index in [0.29, 0.717) is 0 Å². The van der Waals surface area contributed by atoms with E-state index in [-0.39, 0.29) is 6.04 Å². The van der Waals surface area contributed by atoms with Gasteiger partial charge >= 0.3 is 0 Å². The zero-order valence-corrected chi connectivity index (χ0v) is 21.3. The Morgan fingerprint density at radius 2 is 1.49 bits per heavy atom. The third-order valence-corrected chi connectivity index (χ3v) is 7.13. The van der Waals surface area contributed by atoms with Crippen molar-refractivity contribution in [2.45, 2.75) is 19.4 Å². The summed E-state index contributed by atoms with van der Waals surface area (Å²) in [4.78, 5) is 12.7. The van der Waals surface area contributed by atoms with E-state index in [1.54, 1.807) is 14.2 Å². The topological polar surface area (TPSA) is 47.5 Å². The van der Waals surface area contributed by atoms with E-state index in [1.165, 1.54) is 22.3 Å². The molecule has 0 fully saturated rings. The number of fused-ring (bicyclic) bond motifs is 2. The molecule has 0 saturated heterocycles. The molecule has 0 saturated carbocycles. The van der Waals surface area contributed by atoms with Crippen LogP contribution in [0.5, 0.6) is 11.5 Å². The fraction of sp³-hybridized carbons (Fsp3) is 0.188. The van der Waals surface area contributed by atoms with Crippen LogP contribution in [-0.4, -0.2) is 30.7 Å². The van der Waals surface area contributed by atoms with E-state index in [1.807, 2.05) is 6.07 Å². The number of aromatic nitrogens is 2. The molecular weight excluding hydrogens is 458 g/mol. The lowest BCUT2D eigenvalue weighted by Crippen LogP contribution is -2.37. The van der Waals surface area contributed by atoms with Gasteiger partial charge in [-0.3, -0.25) is 0 Å². The Morgan fingerprint density at radius 3 is 2.22 bits per heavy atom. The molecule has 0 amide bonds. The number of methoxy groups -OCH3 is 2. The number of ether oxygens (including phenoxy) is 2. The SMILES string of the molecule is COc1cc2c(cc1OC)C(c1ccccc1)N(c1nc(-c3ccccc3)c3cc(C)ccc3n1)CC2. The minimum Gasteiger partial charge on any atom is -0.493 e. The highest BCUT2D eigenvalue weighted by Crippen LogP contribution is 2.43. The molecule has 0 N–H and O–H groups in total. The van der Waals surface area contributed by atoms with Gasteiger partial charge < -0.3 is 14.4 Å². The molecule has 2 heterocycles. The Hall–Kier alpha value is -4.38. The molecule has 5 aromatic rings. The average molecular weight is 488 g/mol. The largest absolute Gasteiger partial charge is 0.493 e. The van der Waals surface area contributed by atoms with Crippen molar-refractivity contribution in [2.75, 3.05) is 25.7 Å². The molecule has 1 aromatic heterocycles. The van der Waals surface area contributed by atoms with E-state index in [4.69, 9.17) is 19.4 Å². The summed E-state index contributed by atoms with van der Waals surface area (Å²) in [5, 5.41) is 1.06. The molecule has 5 nitrogen and oxygen atoms in total. The molecule has 1 aliphatic rings. The van der Waals surface area contributed by atoms with Crippen molar-refractivity contribution >= 4 is 16.9 Å². The molecule has 1 atom stereocenters. The first-order valence-electron chi connectivity index (χ1n) is 12.6. The minimum absolute atomic E-state index is 0.0590. The lowest BCUT2D eigenvalue weighted by Gasteiger charge is -2.38. The van der Waals surface area contributed by atoms with Crippen LogP contribution in [0.2, 0.25) is 0 Å². The van der Waals surface area contributed by atoms with Crippen LogP contribution in [0, 0.1) is 6.92 Å². The molecule has 37 heavy (non-hydrogen) atoms. The normalized spacial score (nSPS) is 14.9. The zero-order chi connectivity index (χ0) is 25.4. The van der Waals surface area contributed by atoms with Gasteiger partial charge in [0.1, 0.15) is 0 Å². The minimum atomic E-state index is -0.0590. The molecule has 5 heteroatoms. The maximum Gasteiger partial charge on any atom is 0.227 e. The fourth-order valence-corrected chi connectivity index (χ4v) is 5.33. The smallest absolute Gasteiger partial charge is 0.227 e. The van der Waals surface area contributed by atoms with Gasteiger partial charge in [0.05, 0.1) is 31.5 Å². The van der Waals surface area contributed by atoms with Crippen molar-refractivity contribution in [3.63, 3.8) is 0 Å². The molecule has 1 aliphatic heterocycles. The molecule has 0 bridgehead atoms. The summed E-state index contributed by atoms with van der Waals surface area (Å²) >= 11 is 0. The predicted octanol–water partition coefficient (Wildman–Crippen LogP) is 6.77. The first kappa shape index (κ1) is 23.0. The number of nitrogens with zero attached hydrogens (tertiary/aromatic N) is 3. The van der Waals surface area contributed by atoms with E-state index in [0.717, 1.165) is 52.6 Å². The van der Waals surface area contributed by atoms with Gasteiger partial charge in [0.25, 0.3) is 0 Å². The van der Waals surface area contributed by atoms with Gasteiger partial charge in [-0.2, -0.15) is 0 Å². The summed E-state index contributed by atoms with van der Waals surface area (Å²) in [6.45, 7) is 2.89. The zero-order valence-electron chi connectivity index (χ0n) is 21.3. The Kier molecular flexibility index (Phi) is 5.97. The van der Waals surface area contributed by atoms with Crippen LogP contribution < -0.4 is 14.4 Å². The number of hydrogen-bond donors (Lipinski definition) is 0. The van der Waals surface area contributed by atoms with Crippen LogP contribution in [0.3, 0.4) is 0 Å². The van der Waals surface area contributed by atoms with Gasteiger partial charge in [0.15, 0.2) is 11.5 Å². The van der Waals surface area contributed by atoms with Gasteiger partial charge in [-0.15, -0.1) is 0 Å². The van der Waals surface area contributed by atoms with Crippen LogP contribution in [0.1, 0.15) is 28.3 Å². The van der Waals surface area contributed by atoms with Crippen molar-refractivity contribution in [3.05, 3.63) is 113 Å². The first-order chi connectivity index (χ1) is 18.2. The molecular formula is C32H29N3O2. The lowest BCUT2D eigenvalue weighted by molar-refractivity contribution is 0.353. The number of rotatable bonds is 5. The Labute approximate surface area is 217 Å². The van der Waals surface area contributed by atoms with E-state index >= 15 is 0 Å². The number of hydrogen-bond acceptors (Lipinski definition) is 5.